The summed E-state index contributed by atoms with van der Waals surface area (Å²) < 4.78 is 10.8. The third-order valence-corrected chi connectivity index (χ3v) is 18.9. The number of rotatable bonds is 77. The SMILES string of the molecule is CCCCCCC/C=C\C/C=C\C/C=C\CCCCCCCCCCCCCCCCCCCCCCCCC(=O)OC(CO)COC(=O)CCCCCCCCCCCCCCCCCCCCCCCCCCCCCCCCCCCCCCC. The van der Waals surface area contributed by atoms with Gasteiger partial charge in [-0.05, 0) is 51.4 Å². The Morgan fingerprint density at radius 1 is 0.261 bits per heavy atom. The molecule has 520 valence electrons. The van der Waals surface area contributed by atoms with Gasteiger partial charge < -0.3 is 14.6 Å². The zero-order valence-electron chi connectivity index (χ0n) is 60.0. The van der Waals surface area contributed by atoms with Crippen LogP contribution in [0.15, 0.2) is 36.5 Å². The van der Waals surface area contributed by atoms with E-state index in [2.05, 4.69) is 50.3 Å². The van der Waals surface area contributed by atoms with Crippen molar-refractivity contribution in [2.75, 3.05) is 13.2 Å². The maximum Gasteiger partial charge on any atom is 0.306 e. The minimum atomic E-state index is -0.770. The van der Waals surface area contributed by atoms with Gasteiger partial charge in [0.25, 0.3) is 0 Å². The lowest BCUT2D eigenvalue weighted by molar-refractivity contribution is -0.161. The van der Waals surface area contributed by atoms with Crippen LogP contribution in [-0.4, -0.2) is 36.4 Å². The minimum absolute atomic E-state index is 0.0579. The molecular weight excluding hydrogens is 1080 g/mol. The van der Waals surface area contributed by atoms with Crippen LogP contribution < -0.4 is 0 Å². The smallest absolute Gasteiger partial charge is 0.306 e. The van der Waals surface area contributed by atoms with Gasteiger partial charge in [0.2, 0.25) is 0 Å². The number of hydrogen-bond donors (Lipinski definition) is 1. The summed E-state index contributed by atoms with van der Waals surface area (Å²) in [7, 11) is 0. The summed E-state index contributed by atoms with van der Waals surface area (Å²) in [5, 5.41) is 9.73. The Morgan fingerprint density at radius 3 is 0.682 bits per heavy atom. The first-order chi connectivity index (χ1) is 43.6. The molecular formula is C83H158O5. The molecule has 1 unspecified atom stereocenters. The number of hydrogen-bond acceptors (Lipinski definition) is 5. The van der Waals surface area contributed by atoms with Crippen molar-refractivity contribution in [3.63, 3.8) is 0 Å². The molecule has 0 aliphatic heterocycles. The Balaban J connectivity index is 3.35. The fraction of sp³-hybridized carbons (Fsp3) is 0.904. The molecule has 0 amide bonds. The van der Waals surface area contributed by atoms with Crippen LogP contribution in [0.5, 0.6) is 0 Å². The average Bonchev–Trinajstić information content (AvgIpc) is 3.55. The molecule has 0 rings (SSSR count). The second-order valence-electron chi connectivity index (χ2n) is 27.9. The summed E-state index contributed by atoms with van der Waals surface area (Å²) in [4.78, 5) is 24.7. The van der Waals surface area contributed by atoms with E-state index in [0.29, 0.717) is 12.8 Å². The molecule has 0 aromatic rings. The normalized spacial score (nSPS) is 12.3. The van der Waals surface area contributed by atoms with E-state index in [1.54, 1.807) is 0 Å². The summed E-state index contributed by atoms with van der Waals surface area (Å²) in [5.74, 6) is -0.561. The molecule has 1 atom stereocenters. The van der Waals surface area contributed by atoms with Gasteiger partial charge in [0.05, 0.1) is 6.61 Å². The van der Waals surface area contributed by atoms with Crippen molar-refractivity contribution in [3.05, 3.63) is 36.5 Å². The molecule has 0 radical (unpaired) electrons. The number of allylic oxidation sites excluding steroid dienone is 6. The van der Waals surface area contributed by atoms with Gasteiger partial charge in [-0.1, -0.05) is 436 Å². The number of aliphatic hydroxyl groups excluding tert-OH is 1. The summed E-state index contributed by atoms with van der Waals surface area (Å²) in [6.07, 6.45) is 107. The predicted octanol–water partition coefficient (Wildman–Crippen LogP) is 28.4. The summed E-state index contributed by atoms with van der Waals surface area (Å²) in [5.41, 5.74) is 0. The average molecular weight is 1240 g/mol. The van der Waals surface area contributed by atoms with Crippen LogP contribution in [0.25, 0.3) is 0 Å². The summed E-state index contributed by atoms with van der Waals surface area (Å²) in [6.45, 7) is 4.21. The molecule has 88 heavy (non-hydrogen) atoms. The molecule has 0 aromatic carbocycles. The standard InChI is InChI=1S/C83H158O5/c1-3-5-7-9-11-13-15-17-19-21-23-25-27-29-31-33-35-37-39-41-43-45-47-49-51-53-55-57-59-61-63-65-67-69-71-73-75-77-82(85)87-80-81(79-84)88-83(86)78-76-74-72-70-68-66-64-62-60-58-56-54-52-50-48-46-44-42-40-38-36-34-32-30-28-26-24-22-20-18-16-14-12-10-8-6-4-2/h16,18,22,24,28,30,81,84H,3-15,17,19-21,23,25-27,29,31-80H2,1-2H3/b18-16-,24-22-,30-28-. The van der Waals surface area contributed by atoms with E-state index in [1.165, 1.54) is 392 Å². The van der Waals surface area contributed by atoms with Crippen LogP contribution >= 0.6 is 0 Å². The van der Waals surface area contributed by atoms with Gasteiger partial charge in [0.15, 0.2) is 6.10 Å². The van der Waals surface area contributed by atoms with Gasteiger partial charge in [-0.25, -0.2) is 0 Å². The molecule has 0 fully saturated rings. The van der Waals surface area contributed by atoms with Crippen molar-refractivity contribution in [2.45, 2.75) is 469 Å². The van der Waals surface area contributed by atoms with Gasteiger partial charge in [-0.2, -0.15) is 0 Å². The zero-order chi connectivity index (χ0) is 63.3. The second kappa shape index (κ2) is 79.4. The van der Waals surface area contributed by atoms with Crippen LogP contribution in [0.2, 0.25) is 0 Å². The Labute approximate surface area is 552 Å². The van der Waals surface area contributed by atoms with E-state index < -0.39 is 6.10 Å². The summed E-state index contributed by atoms with van der Waals surface area (Å²) in [6, 6.07) is 0. The molecule has 0 aliphatic rings. The van der Waals surface area contributed by atoms with Crippen molar-refractivity contribution < 1.29 is 24.2 Å². The molecule has 0 saturated carbocycles. The predicted molar refractivity (Wildman–Crippen MR) is 390 cm³/mol. The molecule has 1 N–H and O–H groups in total. The number of ether oxygens (including phenoxy) is 2. The first-order valence-corrected chi connectivity index (χ1v) is 40.5. The van der Waals surface area contributed by atoms with Crippen LogP contribution in [0.4, 0.5) is 0 Å². The fourth-order valence-corrected chi connectivity index (χ4v) is 12.9. The van der Waals surface area contributed by atoms with Gasteiger partial charge in [0.1, 0.15) is 6.61 Å². The van der Waals surface area contributed by atoms with E-state index >= 15 is 0 Å². The van der Waals surface area contributed by atoms with Crippen LogP contribution in [-0.2, 0) is 19.1 Å². The Hall–Kier alpha value is -1.88. The van der Waals surface area contributed by atoms with Crippen molar-refractivity contribution >= 4 is 11.9 Å². The number of esters is 2. The topological polar surface area (TPSA) is 72.8 Å². The fourth-order valence-electron chi connectivity index (χ4n) is 12.9. The molecule has 0 saturated heterocycles. The van der Waals surface area contributed by atoms with Crippen molar-refractivity contribution in [1.29, 1.82) is 0 Å². The third kappa shape index (κ3) is 76.6. The highest BCUT2D eigenvalue weighted by Gasteiger charge is 2.16. The number of carbonyl (C=O) groups excluding carboxylic acids is 2. The molecule has 5 heteroatoms. The lowest BCUT2D eigenvalue weighted by atomic mass is 10.0. The quantitative estimate of drug-likeness (QED) is 0.0373. The second-order valence-corrected chi connectivity index (χ2v) is 27.9. The molecule has 0 heterocycles. The van der Waals surface area contributed by atoms with Crippen LogP contribution in [0.1, 0.15) is 463 Å². The molecule has 5 nitrogen and oxygen atoms in total. The lowest BCUT2D eigenvalue weighted by Gasteiger charge is -2.15. The maximum absolute atomic E-state index is 12.4. The largest absolute Gasteiger partial charge is 0.462 e. The first kappa shape index (κ1) is 86.1. The first-order valence-electron chi connectivity index (χ1n) is 40.5. The van der Waals surface area contributed by atoms with Crippen molar-refractivity contribution in [2.24, 2.45) is 0 Å². The third-order valence-electron chi connectivity index (χ3n) is 18.9. The lowest BCUT2D eigenvalue weighted by Crippen LogP contribution is -2.28. The van der Waals surface area contributed by atoms with Crippen molar-refractivity contribution in [1.82, 2.24) is 0 Å². The monoisotopic (exact) mass is 1240 g/mol. The van der Waals surface area contributed by atoms with E-state index in [0.717, 1.165) is 44.9 Å². The minimum Gasteiger partial charge on any atom is -0.462 e. The Kier molecular flexibility index (Phi) is 77.7. The van der Waals surface area contributed by atoms with Crippen LogP contribution in [0, 0.1) is 0 Å². The van der Waals surface area contributed by atoms with Gasteiger partial charge in [-0.3, -0.25) is 9.59 Å². The molecule has 0 aliphatic carbocycles. The summed E-state index contributed by atoms with van der Waals surface area (Å²) >= 11 is 0. The van der Waals surface area contributed by atoms with E-state index in [1.807, 2.05) is 0 Å². The highest BCUT2D eigenvalue weighted by atomic mass is 16.6. The molecule has 0 aromatic heterocycles. The van der Waals surface area contributed by atoms with E-state index in [-0.39, 0.29) is 25.2 Å². The van der Waals surface area contributed by atoms with E-state index in [4.69, 9.17) is 9.47 Å². The van der Waals surface area contributed by atoms with Crippen molar-refractivity contribution in [3.8, 4) is 0 Å². The van der Waals surface area contributed by atoms with Crippen LogP contribution in [0.3, 0.4) is 0 Å². The molecule has 0 bridgehead atoms. The maximum atomic E-state index is 12.4. The Morgan fingerprint density at radius 2 is 0.455 bits per heavy atom. The van der Waals surface area contributed by atoms with E-state index in [9.17, 15) is 14.7 Å². The van der Waals surface area contributed by atoms with Gasteiger partial charge in [-0.15, -0.1) is 0 Å². The highest BCUT2D eigenvalue weighted by molar-refractivity contribution is 5.70. The highest BCUT2D eigenvalue weighted by Crippen LogP contribution is 2.20. The number of carbonyl (C=O) groups is 2. The zero-order valence-corrected chi connectivity index (χ0v) is 60.0. The Bertz CT molecular complexity index is 1400. The number of aliphatic hydroxyl groups is 1. The molecule has 0 spiro atoms. The van der Waals surface area contributed by atoms with Gasteiger partial charge in [0, 0.05) is 12.8 Å². The van der Waals surface area contributed by atoms with Gasteiger partial charge >= 0.3 is 11.9 Å². The number of unbranched alkanes of at least 4 members (excludes halogenated alkanes) is 63.